The number of benzene rings is 1. The molecule has 5 nitrogen and oxygen atoms in total. The highest BCUT2D eigenvalue weighted by Gasteiger charge is 2.15. The quantitative estimate of drug-likeness (QED) is 0.852. The average molecular weight is 302 g/mol. The Morgan fingerprint density at radius 2 is 2.00 bits per heavy atom. The lowest BCUT2D eigenvalue weighted by molar-refractivity contribution is 0.600. The normalized spacial score (nSPS) is 11.3. The molecule has 19 heavy (non-hydrogen) atoms. The molecule has 0 spiro atoms. The van der Waals surface area contributed by atoms with Gasteiger partial charge in [0, 0.05) is 0 Å². The Kier molecular flexibility index (Phi) is 3.59. The summed E-state index contributed by atoms with van der Waals surface area (Å²) in [4.78, 5) is 3.55. The summed E-state index contributed by atoms with van der Waals surface area (Å²) in [5.74, 6) is -0.548. The van der Waals surface area contributed by atoms with Gasteiger partial charge in [0.25, 0.3) is 10.0 Å². The van der Waals surface area contributed by atoms with Crippen LogP contribution in [-0.4, -0.2) is 13.4 Å². The molecule has 0 saturated carbocycles. The predicted octanol–water partition coefficient (Wildman–Crippen LogP) is 2.26. The van der Waals surface area contributed by atoms with Crippen molar-refractivity contribution in [3.05, 3.63) is 47.4 Å². The molecular formula is C11H9ClFN3O2S. The molecule has 8 heteroatoms. The van der Waals surface area contributed by atoms with Gasteiger partial charge >= 0.3 is 0 Å². The number of nitrogens with one attached hydrogen (secondary N) is 1. The van der Waals surface area contributed by atoms with Crippen molar-refractivity contribution in [2.75, 3.05) is 10.5 Å². The van der Waals surface area contributed by atoms with Crippen LogP contribution in [0.2, 0.25) is 5.02 Å². The molecule has 0 radical (unpaired) electrons. The van der Waals surface area contributed by atoms with Gasteiger partial charge in [-0.15, -0.1) is 0 Å². The Hall–Kier alpha value is -1.86. The summed E-state index contributed by atoms with van der Waals surface area (Å²) in [7, 11) is -3.84. The van der Waals surface area contributed by atoms with E-state index in [1.165, 1.54) is 24.3 Å². The Balaban J connectivity index is 2.32. The monoisotopic (exact) mass is 301 g/mol. The minimum atomic E-state index is -3.84. The molecule has 1 heterocycles. The number of nitrogen functional groups attached to an aromatic ring is 1. The van der Waals surface area contributed by atoms with Crippen molar-refractivity contribution < 1.29 is 12.8 Å². The topological polar surface area (TPSA) is 85.1 Å². The zero-order valence-corrected chi connectivity index (χ0v) is 11.0. The summed E-state index contributed by atoms with van der Waals surface area (Å²) in [5, 5.41) is 0.263. The molecule has 2 aromatic rings. The molecule has 0 unspecified atom stereocenters. The zero-order valence-electron chi connectivity index (χ0n) is 9.47. The van der Waals surface area contributed by atoms with Gasteiger partial charge in [-0.25, -0.2) is 17.8 Å². The summed E-state index contributed by atoms with van der Waals surface area (Å²) >= 11 is 5.71. The molecule has 2 rings (SSSR count). The maximum atomic E-state index is 12.7. The molecule has 0 bridgehead atoms. The Bertz CT molecular complexity index is 704. The fourth-order valence-electron chi connectivity index (χ4n) is 1.32. The number of hydrogen-bond acceptors (Lipinski definition) is 4. The smallest absolute Gasteiger partial charge is 0.263 e. The third-order valence-electron chi connectivity index (χ3n) is 2.24. The first kappa shape index (κ1) is 13.6. The molecule has 0 aliphatic carbocycles. The van der Waals surface area contributed by atoms with Gasteiger partial charge in [-0.3, -0.25) is 4.72 Å². The van der Waals surface area contributed by atoms with E-state index in [0.717, 1.165) is 12.3 Å². The lowest BCUT2D eigenvalue weighted by Gasteiger charge is -2.08. The number of nitrogens with two attached hydrogens (primary N) is 1. The second kappa shape index (κ2) is 5.02. The molecular weight excluding hydrogens is 293 g/mol. The SMILES string of the molecule is Nc1cc(S(=O)(=O)Nc2ccc(F)cn2)ccc1Cl. The highest BCUT2D eigenvalue weighted by atomic mass is 35.5. The predicted molar refractivity (Wildman–Crippen MR) is 70.9 cm³/mol. The summed E-state index contributed by atoms with van der Waals surface area (Å²) in [6.45, 7) is 0. The second-order valence-corrected chi connectivity index (χ2v) is 5.74. The number of anilines is 2. The van der Waals surface area contributed by atoms with E-state index in [2.05, 4.69) is 9.71 Å². The van der Waals surface area contributed by atoms with Gasteiger partial charge in [0.15, 0.2) is 0 Å². The number of nitrogens with zero attached hydrogens (tertiary/aromatic N) is 1. The minimum Gasteiger partial charge on any atom is -0.397 e. The van der Waals surface area contributed by atoms with Crippen LogP contribution >= 0.6 is 11.6 Å². The highest BCUT2D eigenvalue weighted by molar-refractivity contribution is 7.92. The Labute approximate surface area is 114 Å². The van der Waals surface area contributed by atoms with Crippen LogP contribution in [0.5, 0.6) is 0 Å². The summed E-state index contributed by atoms with van der Waals surface area (Å²) in [6, 6.07) is 6.23. The van der Waals surface area contributed by atoms with Crippen molar-refractivity contribution in [3.63, 3.8) is 0 Å². The lowest BCUT2D eigenvalue weighted by Crippen LogP contribution is -2.14. The lowest BCUT2D eigenvalue weighted by atomic mass is 10.3. The van der Waals surface area contributed by atoms with Crippen LogP contribution in [0, 0.1) is 5.82 Å². The van der Waals surface area contributed by atoms with Gasteiger partial charge in [0.05, 0.1) is 21.8 Å². The van der Waals surface area contributed by atoms with E-state index in [9.17, 15) is 12.8 Å². The van der Waals surface area contributed by atoms with Gasteiger partial charge in [-0.2, -0.15) is 0 Å². The standard InChI is InChI=1S/C11H9ClFN3O2S/c12-9-3-2-8(5-10(9)14)19(17,18)16-11-4-1-7(13)6-15-11/h1-6H,14H2,(H,15,16). The van der Waals surface area contributed by atoms with Crippen LogP contribution < -0.4 is 10.5 Å². The number of halogens is 2. The van der Waals surface area contributed by atoms with Crippen molar-refractivity contribution >= 4 is 33.1 Å². The van der Waals surface area contributed by atoms with Gasteiger partial charge in [-0.1, -0.05) is 11.6 Å². The van der Waals surface area contributed by atoms with E-state index >= 15 is 0 Å². The third-order valence-corrected chi connectivity index (χ3v) is 3.94. The Morgan fingerprint density at radius 1 is 1.26 bits per heavy atom. The number of aromatic nitrogens is 1. The maximum Gasteiger partial charge on any atom is 0.263 e. The second-order valence-electron chi connectivity index (χ2n) is 3.65. The van der Waals surface area contributed by atoms with E-state index in [4.69, 9.17) is 17.3 Å². The molecule has 0 saturated heterocycles. The number of sulfonamides is 1. The van der Waals surface area contributed by atoms with Crippen LogP contribution in [0.4, 0.5) is 15.9 Å². The molecule has 0 fully saturated rings. The van der Waals surface area contributed by atoms with Crippen molar-refractivity contribution in [3.8, 4) is 0 Å². The molecule has 100 valence electrons. The van der Waals surface area contributed by atoms with Crippen LogP contribution in [0.1, 0.15) is 0 Å². The fraction of sp³-hybridized carbons (Fsp3) is 0. The van der Waals surface area contributed by atoms with E-state index < -0.39 is 15.8 Å². The van der Waals surface area contributed by atoms with Gasteiger partial charge in [0.1, 0.15) is 11.6 Å². The summed E-state index contributed by atoms with van der Waals surface area (Å²) < 4.78 is 38.9. The van der Waals surface area contributed by atoms with Gasteiger partial charge < -0.3 is 5.73 Å². The first-order valence-electron chi connectivity index (χ1n) is 5.08. The van der Waals surface area contributed by atoms with E-state index in [1.807, 2.05) is 0 Å². The molecule has 0 aliphatic rings. The molecule has 3 N–H and O–H groups in total. The highest BCUT2D eigenvalue weighted by Crippen LogP contribution is 2.23. The number of rotatable bonds is 3. The van der Waals surface area contributed by atoms with Crippen LogP contribution in [0.3, 0.4) is 0 Å². The molecule has 1 aromatic carbocycles. The number of pyridine rings is 1. The average Bonchev–Trinajstić information content (AvgIpc) is 2.35. The van der Waals surface area contributed by atoms with Crippen molar-refractivity contribution in [1.82, 2.24) is 4.98 Å². The summed E-state index contributed by atoms with van der Waals surface area (Å²) in [5.41, 5.74) is 5.69. The molecule has 0 aliphatic heterocycles. The Morgan fingerprint density at radius 3 is 2.58 bits per heavy atom. The van der Waals surface area contributed by atoms with Gasteiger partial charge in [-0.05, 0) is 30.3 Å². The van der Waals surface area contributed by atoms with Crippen molar-refractivity contribution in [2.45, 2.75) is 4.90 Å². The maximum absolute atomic E-state index is 12.7. The molecule has 0 atom stereocenters. The number of hydrogen-bond donors (Lipinski definition) is 2. The largest absolute Gasteiger partial charge is 0.397 e. The van der Waals surface area contributed by atoms with E-state index in [-0.39, 0.29) is 21.4 Å². The van der Waals surface area contributed by atoms with E-state index in [0.29, 0.717) is 0 Å². The van der Waals surface area contributed by atoms with Crippen LogP contribution in [0.25, 0.3) is 0 Å². The third kappa shape index (κ3) is 3.12. The first-order chi connectivity index (χ1) is 8.88. The zero-order chi connectivity index (χ0) is 14.0. The van der Waals surface area contributed by atoms with Crippen LogP contribution in [0.15, 0.2) is 41.4 Å². The van der Waals surface area contributed by atoms with Crippen molar-refractivity contribution in [1.29, 1.82) is 0 Å². The van der Waals surface area contributed by atoms with Gasteiger partial charge in [0.2, 0.25) is 0 Å². The first-order valence-corrected chi connectivity index (χ1v) is 6.94. The molecule has 0 amide bonds. The van der Waals surface area contributed by atoms with E-state index in [1.54, 1.807) is 0 Å². The van der Waals surface area contributed by atoms with Crippen LogP contribution in [-0.2, 0) is 10.0 Å². The summed E-state index contributed by atoms with van der Waals surface area (Å²) in [6.07, 6.45) is 0.911. The minimum absolute atomic E-state index is 0.00919. The van der Waals surface area contributed by atoms with Crippen molar-refractivity contribution in [2.24, 2.45) is 0 Å². The fourth-order valence-corrected chi connectivity index (χ4v) is 2.48. The molecule has 1 aromatic heterocycles.